The summed E-state index contributed by atoms with van der Waals surface area (Å²) in [7, 11) is 0. The van der Waals surface area contributed by atoms with Crippen LogP contribution in [-0.4, -0.2) is 22.3 Å². The first-order valence-corrected chi connectivity index (χ1v) is 6.95. The van der Waals surface area contributed by atoms with E-state index in [0.29, 0.717) is 16.6 Å². The van der Waals surface area contributed by atoms with Gasteiger partial charge in [-0.25, -0.2) is 9.18 Å². The number of ether oxygens (including phenoxy) is 1. The summed E-state index contributed by atoms with van der Waals surface area (Å²) in [6.07, 6.45) is 3.36. The van der Waals surface area contributed by atoms with E-state index in [9.17, 15) is 14.4 Å². The fourth-order valence-electron chi connectivity index (χ4n) is 1.85. The molecular weight excluding hydrogens is 299 g/mol. The lowest BCUT2D eigenvalue weighted by Gasteiger charge is -2.16. The van der Waals surface area contributed by atoms with Crippen LogP contribution in [0.15, 0.2) is 54.6 Å². The molecule has 0 spiro atoms. The van der Waals surface area contributed by atoms with E-state index in [1.54, 1.807) is 37.3 Å². The third-order valence-corrected chi connectivity index (χ3v) is 3.09. The minimum atomic E-state index is -0.921. The SMILES string of the molecule is C[C@@H](/C=C/c1cccc(Oc2ccc(F)cc2)c1)N(O)C(N)=O. The minimum Gasteiger partial charge on any atom is -0.457 e. The summed E-state index contributed by atoms with van der Waals surface area (Å²) in [6.45, 7) is 1.63. The molecule has 0 aromatic heterocycles. The van der Waals surface area contributed by atoms with Crippen LogP contribution in [0.4, 0.5) is 9.18 Å². The monoisotopic (exact) mass is 316 g/mol. The summed E-state index contributed by atoms with van der Waals surface area (Å²) in [5.74, 6) is 0.782. The molecule has 0 bridgehead atoms. The molecule has 1 atom stereocenters. The Hall–Kier alpha value is -2.86. The Bertz CT molecular complexity index is 701. The Labute approximate surface area is 133 Å². The number of hydroxylamine groups is 2. The van der Waals surface area contributed by atoms with Crippen LogP contribution < -0.4 is 10.5 Å². The van der Waals surface area contributed by atoms with E-state index < -0.39 is 12.1 Å². The van der Waals surface area contributed by atoms with Crippen LogP contribution in [0.25, 0.3) is 6.08 Å². The van der Waals surface area contributed by atoms with Crippen LogP contribution in [0.1, 0.15) is 12.5 Å². The molecule has 0 saturated heterocycles. The maximum Gasteiger partial charge on any atom is 0.339 e. The van der Waals surface area contributed by atoms with Gasteiger partial charge in [-0.2, -0.15) is 5.06 Å². The highest BCUT2D eigenvalue weighted by molar-refractivity contribution is 5.71. The smallest absolute Gasteiger partial charge is 0.339 e. The number of urea groups is 1. The molecule has 2 rings (SSSR count). The zero-order valence-corrected chi connectivity index (χ0v) is 12.5. The highest BCUT2D eigenvalue weighted by Crippen LogP contribution is 2.23. The molecule has 2 aromatic rings. The number of carbonyl (C=O) groups is 1. The molecule has 0 radical (unpaired) electrons. The quantitative estimate of drug-likeness (QED) is 0.651. The second-order valence-electron chi connectivity index (χ2n) is 4.91. The summed E-state index contributed by atoms with van der Waals surface area (Å²) in [4.78, 5) is 10.9. The van der Waals surface area contributed by atoms with Crippen molar-refractivity contribution in [3.63, 3.8) is 0 Å². The fourth-order valence-corrected chi connectivity index (χ4v) is 1.85. The van der Waals surface area contributed by atoms with Crippen LogP contribution in [0.3, 0.4) is 0 Å². The fraction of sp³-hybridized carbons (Fsp3) is 0.118. The van der Waals surface area contributed by atoms with Crippen molar-refractivity contribution in [1.29, 1.82) is 0 Å². The number of nitrogens with zero attached hydrogens (tertiary/aromatic N) is 1. The Balaban J connectivity index is 2.07. The molecule has 0 unspecified atom stereocenters. The van der Waals surface area contributed by atoms with Crippen molar-refractivity contribution in [3.8, 4) is 11.5 Å². The number of halogens is 1. The van der Waals surface area contributed by atoms with Gasteiger partial charge in [-0.15, -0.1) is 0 Å². The second kappa shape index (κ2) is 7.42. The van der Waals surface area contributed by atoms with Gasteiger partial charge in [0.05, 0.1) is 6.04 Å². The molecule has 3 N–H and O–H groups in total. The van der Waals surface area contributed by atoms with Crippen LogP contribution in [-0.2, 0) is 0 Å². The summed E-state index contributed by atoms with van der Waals surface area (Å²) in [6, 6.07) is 11.4. The Morgan fingerprint density at radius 1 is 1.26 bits per heavy atom. The number of primary amides is 1. The molecular formula is C17H17FN2O3. The maximum atomic E-state index is 12.9. The van der Waals surface area contributed by atoms with E-state index in [2.05, 4.69) is 0 Å². The Kier molecular flexibility index (Phi) is 5.32. The molecule has 0 aliphatic heterocycles. The van der Waals surface area contributed by atoms with Crippen LogP contribution in [0, 0.1) is 5.82 Å². The Morgan fingerprint density at radius 3 is 2.61 bits per heavy atom. The van der Waals surface area contributed by atoms with E-state index in [1.165, 1.54) is 24.3 Å². The van der Waals surface area contributed by atoms with Gasteiger partial charge in [0.25, 0.3) is 0 Å². The Morgan fingerprint density at radius 2 is 1.96 bits per heavy atom. The van der Waals surface area contributed by atoms with E-state index in [4.69, 9.17) is 10.5 Å². The average Bonchev–Trinajstić information content (AvgIpc) is 2.54. The summed E-state index contributed by atoms with van der Waals surface area (Å²) in [5, 5.41) is 9.84. The molecule has 23 heavy (non-hydrogen) atoms. The zero-order chi connectivity index (χ0) is 16.8. The van der Waals surface area contributed by atoms with Gasteiger partial charge in [-0.1, -0.05) is 24.3 Å². The van der Waals surface area contributed by atoms with E-state index in [-0.39, 0.29) is 5.82 Å². The second-order valence-corrected chi connectivity index (χ2v) is 4.91. The van der Waals surface area contributed by atoms with Crippen molar-refractivity contribution >= 4 is 12.1 Å². The molecule has 0 heterocycles. The summed E-state index contributed by atoms with van der Waals surface area (Å²) in [5.41, 5.74) is 5.80. The number of carbonyl (C=O) groups excluding carboxylic acids is 1. The molecule has 2 aromatic carbocycles. The van der Waals surface area contributed by atoms with Crippen LogP contribution in [0.5, 0.6) is 11.5 Å². The van der Waals surface area contributed by atoms with Gasteiger partial charge in [-0.3, -0.25) is 5.21 Å². The first-order valence-electron chi connectivity index (χ1n) is 6.95. The van der Waals surface area contributed by atoms with Crippen molar-refractivity contribution in [2.45, 2.75) is 13.0 Å². The minimum absolute atomic E-state index is 0.328. The molecule has 5 nitrogen and oxygen atoms in total. The lowest BCUT2D eigenvalue weighted by molar-refractivity contribution is -0.0560. The van der Waals surface area contributed by atoms with Gasteiger partial charge in [0.15, 0.2) is 0 Å². The van der Waals surface area contributed by atoms with Crippen molar-refractivity contribution in [1.82, 2.24) is 5.06 Å². The first kappa shape index (κ1) is 16.5. The van der Waals surface area contributed by atoms with Gasteiger partial charge in [0, 0.05) is 0 Å². The predicted molar refractivity (Wildman–Crippen MR) is 84.6 cm³/mol. The van der Waals surface area contributed by atoms with Gasteiger partial charge >= 0.3 is 6.03 Å². The number of hydrogen-bond acceptors (Lipinski definition) is 3. The molecule has 2 amide bonds. The molecule has 0 fully saturated rings. The zero-order valence-electron chi connectivity index (χ0n) is 12.5. The summed E-state index contributed by atoms with van der Waals surface area (Å²) >= 11 is 0. The third kappa shape index (κ3) is 4.82. The topological polar surface area (TPSA) is 75.8 Å². The van der Waals surface area contributed by atoms with E-state index >= 15 is 0 Å². The molecule has 0 aliphatic rings. The standard InChI is InChI=1S/C17H17FN2O3/c1-12(20(22)17(19)21)5-6-13-3-2-4-16(11-13)23-15-9-7-14(18)8-10-15/h2-12,22H,1H3,(H2,19,21)/b6-5+/t12-/m0/s1. The third-order valence-electron chi connectivity index (χ3n) is 3.09. The molecule has 0 saturated carbocycles. The molecule has 6 heteroatoms. The van der Waals surface area contributed by atoms with Crippen molar-refractivity contribution in [3.05, 3.63) is 66.0 Å². The van der Waals surface area contributed by atoms with Crippen molar-refractivity contribution in [2.24, 2.45) is 5.73 Å². The van der Waals surface area contributed by atoms with Gasteiger partial charge < -0.3 is 10.5 Å². The summed E-state index contributed by atoms with van der Waals surface area (Å²) < 4.78 is 18.5. The highest BCUT2D eigenvalue weighted by Gasteiger charge is 2.11. The maximum absolute atomic E-state index is 12.9. The van der Waals surface area contributed by atoms with Crippen molar-refractivity contribution < 1.29 is 19.1 Å². The van der Waals surface area contributed by atoms with Gasteiger partial charge in [0.1, 0.15) is 17.3 Å². The lowest BCUT2D eigenvalue weighted by Crippen LogP contribution is -2.38. The van der Waals surface area contributed by atoms with Gasteiger partial charge in [-0.05, 0) is 48.9 Å². The van der Waals surface area contributed by atoms with Gasteiger partial charge in [0.2, 0.25) is 0 Å². The largest absolute Gasteiger partial charge is 0.457 e. The average molecular weight is 316 g/mol. The van der Waals surface area contributed by atoms with E-state index in [0.717, 1.165) is 5.56 Å². The first-order chi connectivity index (χ1) is 11.0. The number of benzene rings is 2. The number of hydrogen-bond donors (Lipinski definition) is 2. The van der Waals surface area contributed by atoms with Crippen LogP contribution in [0.2, 0.25) is 0 Å². The number of rotatable bonds is 5. The van der Waals surface area contributed by atoms with Crippen molar-refractivity contribution in [2.75, 3.05) is 0 Å². The normalized spacial score (nSPS) is 12.1. The highest BCUT2D eigenvalue weighted by atomic mass is 19.1. The molecule has 0 aliphatic carbocycles. The lowest BCUT2D eigenvalue weighted by atomic mass is 10.1. The number of amides is 2. The number of nitrogens with two attached hydrogens (primary N) is 1. The molecule has 120 valence electrons. The predicted octanol–water partition coefficient (Wildman–Crippen LogP) is 3.79. The van der Waals surface area contributed by atoms with E-state index in [1.807, 2.05) is 6.07 Å². The van der Waals surface area contributed by atoms with Crippen LogP contribution >= 0.6 is 0 Å².